The van der Waals surface area contributed by atoms with E-state index in [1.165, 1.54) is 18.2 Å². The monoisotopic (exact) mass is 342 g/mol. The molecule has 1 fully saturated rings. The largest absolute Gasteiger partial charge is 0.336 e. The Hall–Kier alpha value is -3.10. The molecule has 128 valence electrons. The topological polar surface area (TPSA) is 89.9 Å². The van der Waals surface area contributed by atoms with Crippen molar-refractivity contribution >= 4 is 5.91 Å². The molecule has 25 heavy (non-hydrogen) atoms. The molecular formula is C16H15FN6O2. The highest BCUT2D eigenvalue weighted by atomic mass is 19.1. The van der Waals surface area contributed by atoms with E-state index >= 15 is 0 Å². The van der Waals surface area contributed by atoms with Gasteiger partial charge in [0.25, 0.3) is 11.8 Å². The average molecular weight is 342 g/mol. The van der Waals surface area contributed by atoms with Gasteiger partial charge in [-0.25, -0.2) is 9.07 Å². The van der Waals surface area contributed by atoms with E-state index in [-0.39, 0.29) is 11.9 Å². The molecule has 0 bridgehead atoms. The normalized spacial score (nSPS) is 17.2. The van der Waals surface area contributed by atoms with E-state index in [1.807, 2.05) is 0 Å². The Morgan fingerprint density at radius 1 is 1.40 bits per heavy atom. The lowest BCUT2D eigenvalue weighted by Gasteiger charge is -2.16. The van der Waals surface area contributed by atoms with E-state index in [4.69, 9.17) is 4.52 Å². The molecule has 1 aliphatic rings. The molecule has 1 aromatic carbocycles. The highest BCUT2D eigenvalue weighted by molar-refractivity contribution is 5.94. The number of hydrogen-bond donors (Lipinski definition) is 0. The van der Waals surface area contributed by atoms with E-state index in [0.29, 0.717) is 36.1 Å². The number of amides is 1. The van der Waals surface area contributed by atoms with Gasteiger partial charge in [0.2, 0.25) is 0 Å². The zero-order chi connectivity index (χ0) is 17.4. The van der Waals surface area contributed by atoms with Gasteiger partial charge in [-0.1, -0.05) is 16.4 Å². The second-order valence-corrected chi connectivity index (χ2v) is 5.93. The first-order valence-electron chi connectivity index (χ1n) is 7.87. The molecule has 1 atom stereocenters. The van der Waals surface area contributed by atoms with E-state index in [0.717, 1.165) is 6.42 Å². The van der Waals surface area contributed by atoms with Crippen LogP contribution in [0.2, 0.25) is 0 Å². The predicted octanol–water partition coefficient (Wildman–Crippen LogP) is 1.86. The van der Waals surface area contributed by atoms with Crippen LogP contribution in [0, 0.1) is 12.7 Å². The van der Waals surface area contributed by atoms with Gasteiger partial charge in [-0.05, 0) is 31.5 Å². The van der Waals surface area contributed by atoms with Gasteiger partial charge in [0.1, 0.15) is 5.82 Å². The fourth-order valence-corrected chi connectivity index (χ4v) is 2.90. The number of hydrogen-bond acceptors (Lipinski definition) is 6. The molecule has 0 aliphatic carbocycles. The van der Waals surface area contributed by atoms with Gasteiger partial charge in [0, 0.05) is 18.7 Å². The summed E-state index contributed by atoms with van der Waals surface area (Å²) in [7, 11) is 0. The lowest BCUT2D eigenvalue weighted by molar-refractivity contribution is 0.0786. The highest BCUT2D eigenvalue weighted by Crippen LogP contribution is 2.24. The average Bonchev–Trinajstić information content (AvgIpc) is 3.33. The minimum absolute atomic E-state index is 0.00257. The molecule has 1 amide bonds. The molecule has 1 aliphatic heterocycles. The zero-order valence-electron chi connectivity index (χ0n) is 13.5. The minimum atomic E-state index is -0.419. The van der Waals surface area contributed by atoms with Gasteiger partial charge in [-0.15, -0.1) is 5.10 Å². The van der Waals surface area contributed by atoms with Crippen LogP contribution in [0.5, 0.6) is 0 Å². The maximum atomic E-state index is 13.3. The van der Waals surface area contributed by atoms with E-state index in [2.05, 4.69) is 20.5 Å². The maximum Gasteiger partial charge on any atom is 0.280 e. The molecule has 0 saturated carbocycles. The molecule has 3 aromatic rings. The van der Waals surface area contributed by atoms with Gasteiger partial charge in [-0.2, -0.15) is 4.98 Å². The third-order valence-electron chi connectivity index (χ3n) is 4.15. The number of carbonyl (C=O) groups is 1. The molecular weight excluding hydrogens is 327 g/mol. The third kappa shape index (κ3) is 3.00. The molecule has 4 rings (SSSR count). The van der Waals surface area contributed by atoms with Gasteiger partial charge >= 0.3 is 0 Å². The maximum absolute atomic E-state index is 13.3. The molecule has 8 nitrogen and oxygen atoms in total. The van der Waals surface area contributed by atoms with Crippen molar-refractivity contribution in [3.63, 3.8) is 0 Å². The Morgan fingerprint density at radius 3 is 3.04 bits per heavy atom. The van der Waals surface area contributed by atoms with Crippen molar-refractivity contribution in [3.8, 4) is 11.6 Å². The fourth-order valence-electron chi connectivity index (χ4n) is 2.90. The van der Waals surface area contributed by atoms with Crippen LogP contribution in [0.3, 0.4) is 0 Å². The van der Waals surface area contributed by atoms with E-state index in [9.17, 15) is 9.18 Å². The number of carbonyl (C=O) groups excluding carboxylic acids is 1. The molecule has 9 heteroatoms. The number of benzene rings is 1. The molecule has 3 heterocycles. The van der Waals surface area contributed by atoms with Crippen LogP contribution in [-0.2, 0) is 0 Å². The van der Waals surface area contributed by atoms with Crippen LogP contribution >= 0.6 is 0 Å². The first-order chi connectivity index (χ1) is 12.1. The molecule has 0 radical (unpaired) electrons. The summed E-state index contributed by atoms with van der Waals surface area (Å²) in [5.74, 6) is 0.235. The first kappa shape index (κ1) is 15.4. The fraction of sp³-hybridized carbons (Fsp3) is 0.312. The number of nitrogens with zero attached hydrogens (tertiary/aromatic N) is 6. The van der Waals surface area contributed by atoms with Gasteiger partial charge in [-0.3, -0.25) is 4.79 Å². The minimum Gasteiger partial charge on any atom is -0.336 e. The van der Waals surface area contributed by atoms with Crippen molar-refractivity contribution in [1.29, 1.82) is 0 Å². The lowest BCUT2D eigenvalue weighted by Crippen LogP contribution is -2.29. The van der Waals surface area contributed by atoms with Crippen molar-refractivity contribution in [1.82, 2.24) is 30.0 Å². The Balaban J connectivity index is 1.47. The van der Waals surface area contributed by atoms with Crippen LogP contribution < -0.4 is 0 Å². The molecule has 1 saturated heterocycles. The summed E-state index contributed by atoms with van der Waals surface area (Å²) in [6.45, 7) is 2.79. The van der Waals surface area contributed by atoms with Crippen LogP contribution in [0.25, 0.3) is 11.6 Å². The van der Waals surface area contributed by atoms with Crippen molar-refractivity contribution in [2.45, 2.75) is 19.4 Å². The molecule has 0 unspecified atom stereocenters. The number of rotatable bonds is 3. The Labute approximate surface area is 142 Å². The predicted molar refractivity (Wildman–Crippen MR) is 84.0 cm³/mol. The number of halogens is 1. The smallest absolute Gasteiger partial charge is 0.280 e. The number of aromatic nitrogens is 5. The summed E-state index contributed by atoms with van der Waals surface area (Å²) in [6, 6.07) is 5.72. The molecule has 2 aromatic heterocycles. The first-order valence-corrected chi connectivity index (χ1v) is 7.87. The molecule has 0 N–H and O–H groups in total. The summed E-state index contributed by atoms with van der Waals surface area (Å²) in [5, 5.41) is 11.9. The summed E-state index contributed by atoms with van der Waals surface area (Å²) < 4.78 is 20.1. The van der Waals surface area contributed by atoms with Crippen molar-refractivity contribution < 1.29 is 13.7 Å². The van der Waals surface area contributed by atoms with Gasteiger partial charge in [0.15, 0.2) is 11.5 Å². The van der Waals surface area contributed by atoms with Crippen LogP contribution in [-0.4, -0.2) is 49.0 Å². The summed E-state index contributed by atoms with van der Waals surface area (Å²) in [4.78, 5) is 18.3. The van der Waals surface area contributed by atoms with Crippen LogP contribution in [0.4, 0.5) is 4.39 Å². The Morgan fingerprint density at radius 2 is 2.28 bits per heavy atom. The molecule has 0 spiro atoms. The third-order valence-corrected chi connectivity index (χ3v) is 4.15. The van der Waals surface area contributed by atoms with Crippen LogP contribution in [0.1, 0.15) is 28.6 Å². The van der Waals surface area contributed by atoms with Gasteiger partial charge < -0.3 is 9.42 Å². The van der Waals surface area contributed by atoms with E-state index < -0.39 is 5.82 Å². The Kier molecular flexibility index (Phi) is 3.75. The SMILES string of the molecule is Cc1noc(-c2cn([C@H]3CCN(C(=O)c4cccc(F)c4)C3)nn2)n1. The van der Waals surface area contributed by atoms with Gasteiger partial charge in [0.05, 0.1) is 12.2 Å². The standard InChI is InChI=1S/C16H15FN6O2/c1-10-18-15(25-20-10)14-9-23(21-19-14)13-5-6-22(8-13)16(24)11-3-2-4-12(17)7-11/h2-4,7,9,13H,5-6,8H2,1H3/t13-/m0/s1. The van der Waals surface area contributed by atoms with Crippen LogP contribution in [0.15, 0.2) is 35.0 Å². The summed E-state index contributed by atoms with van der Waals surface area (Å²) in [5.41, 5.74) is 0.844. The second kappa shape index (κ2) is 6.08. The summed E-state index contributed by atoms with van der Waals surface area (Å²) >= 11 is 0. The second-order valence-electron chi connectivity index (χ2n) is 5.93. The number of likely N-dealkylation sites (tertiary alicyclic amines) is 1. The van der Waals surface area contributed by atoms with Crippen molar-refractivity contribution in [3.05, 3.63) is 47.7 Å². The lowest BCUT2D eigenvalue weighted by atomic mass is 10.2. The highest BCUT2D eigenvalue weighted by Gasteiger charge is 2.29. The quantitative estimate of drug-likeness (QED) is 0.722. The zero-order valence-corrected chi connectivity index (χ0v) is 13.5. The Bertz CT molecular complexity index is 921. The van der Waals surface area contributed by atoms with Crippen molar-refractivity contribution in [2.75, 3.05) is 13.1 Å². The van der Waals surface area contributed by atoms with Crippen molar-refractivity contribution in [2.24, 2.45) is 0 Å². The van der Waals surface area contributed by atoms with E-state index in [1.54, 1.807) is 28.8 Å². The number of aryl methyl sites for hydroxylation is 1. The summed E-state index contributed by atoms with van der Waals surface area (Å²) in [6.07, 6.45) is 2.47.